The van der Waals surface area contributed by atoms with Gasteiger partial charge in [-0.05, 0) is 56.0 Å². The molecule has 0 amide bonds. The van der Waals surface area contributed by atoms with Crippen LogP contribution in [0, 0.1) is 0 Å². The summed E-state index contributed by atoms with van der Waals surface area (Å²) in [6.07, 6.45) is 0. The van der Waals surface area contributed by atoms with Gasteiger partial charge in [0.25, 0.3) is 0 Å². The van der Waals surface area contributed by atoms with Crippen LogP contribution in [0.3, 0.4) is 0 Å². The van der Waals surface area contributed by atoms with Gasteiger partial charge in [0.15, 0.2) is 0 Å². The van der Waals surface area contributed by atoms with Crippen LogP contribution in [0.15, 0.2) is 84.9 Å². The molecule has 0 bridgehead atoms. The van der Waals surface area contributed by atoms with Gasteiger partial charge in [-0.25, -0.2) is 0 Å². The zero-order chi connectivity index (χ0) is 34.1. The van der Waals surface area contributed by atoms with Crippen molar-refractivity contribution < 1.29 is 9.05 Å². The molecule has 0 aliphatic carbocycles. The van der Waals surface area contributed by atoms with Gasteiger partial charge in [0.2, 0.25) is 0 Å². The number of hydrogen-bond donors (Lipinski definition) is 0. The van der Waals surface area contributed by atoms with Crippen molar-refractivity contribution in [1.29, 1.82) is 0 Å². The quantitative estimate of drug-likeness (QED) is 0.176. The normalized spacial score (nSPS) is 13.9. The van der Waals surface area contributed by atoms with Gasteiger partial charge in [-0.3, -0.25) is 0 Å². The van der Waals surface area contributed by atoms with Gasteiger partial charge in [-0.15, -0.1) is 0 Å². The Morgan fingerprint density at radius 3 is 1.13 bits per heavy atom. The maximum Gasteiger partial charge on any atom is 0.127 e. The first-order valence-electron chi connectivity index (χ1n) is 16.6. The third kappa shape index (κ3) is 8.82. The third-order valence-corrected chi connectivity index (χ3v) is 10.7. The van der Waals surface area contributed by atoms with Crippen molar-refractivity contribution in [3.05, 3.63) is 118 Å². The summed E-state index contributed by atoms with van der Waals surface area (Å²) < 4.78 is 13.3. The Balaban J connectivity index is 1.60. The van der Waals surface area contributed by atoms with Gasteiger partial charge < -0.3 is 9.05 Å². The van der Waals surface area contributed by atoms with Crippen LogP contribution in [0.5, 0.6) is 11.5 Å². The van der Waals surface area contributed by atoms with Crippen molar-refractivity contribution in [2.75, 3.05) is 0 Å². The van der Waals surface area contributed by atoms with Crippen LogP contribution in [0.1, 0.15) is 129 Å². The SMILES string of the molecule is CC(c1ccccc1POc1ccc(C(C)(C)C)cc1C(C)(C)C)c1ccccc1POc1ccc(C(C)(C)C)cc1C(C)(C)C. The molecule has 0 saturated carbocycles. The summed E-state index contributed by atoms with van der Waals surface area (Å²) in [5.41, 5.74) is 7.91. The molecule has 4 aromatic rings. The summed E-state index contributed by atoms with van der Waals surface area (Å²) in [4.78, 5) is 0. The van der Waals surface area contributed by atoms with Gasteiger partial charge in [0.05, 0.1) is 0 Å². The summed E-state index contributed by atoms with van der Waals surface area (Å²) in [6.45, 7) is 29.5. The highest BCUT2D eigenvalue weighted by molar-refractivity contribution is 7.42. The summed E-state index contributed by atoms with van der Waals surface area (Å²) in [5.74, 6) is 2.14. The molecule has 0 aromatic heterocycles. The molecule has 2 unspecified atom stereocenters. The fraction of sp³-hybridized carbons (Fsp3) is 0.429. The Kier molecular flexibility index (Phi) is 10.9. The third-order valence-electron chi connectivity index (χ3n) is 8.70. The van der Waals surface area contributed by atoms with Crippen molar-refractivity contribution in [2.45, 2.75) is 118 Å². The van der Waals surface area contributed by atoms with Crippen LogP contribution in [0.25, 0.3) is 0 Å². The predicted molar refractivity (Wildman–Crippen MR) is 205 cm³/mol. The van der Waals surface area contributed by atoms with Crippen molar-refractivity contribution in [3.8, 4) is 11.5 Å². The first-order valence-corrected chi connectivity index (χ1v) is 18.4. The lowest BCUT2D eigenvalue weighted by Crippen LogP contribution is -2.18. The van der Waals surface area contributed by atoms with E-state index in [1.54, 1.807) is 0 Å². The van der Waals surface area contributed by atoms with E-state index in [0.717, 1.165) is 11.5 Å². The maximum atomic E-state index is 6.66. The molecule has 2 nitrogen and oxygen atoms in total. The second kappa shape index (κ2) is 13.8. The van der Waals surface area contributed by atoms with E-state index >= 15 is 0 Å². The lowest BCUT2D eigenvalue weighted by molar-refractivity contribution is 0.533. The molecular weight excluding hydrogens is 598 g/mol. The highest BCUT2D eigenvalue weighted by Crippen LogP contribution is 2.40. The summed E-state index contributed by atoms with van der Waals surface area (Å²) >= 11 is 0. The average molecular weight is 655 g/mol. The molecular formula is C42H56O2P2. The van der Waals surface area contributed by atoms with Gasteiger partial charge in [0.1, 0.15) is 29.1 Å². The molecule has 4 heteroatoms. The minimum atomic E-state index is -0.0202. The molecule has 246 valence electrons. The van der Waals surface area contributed by atoms with E-state index in [1.165, 1.54) is 44.0 Å². The fourth-order valence-corrected chi connectivity index (χ4v) is 7.63. The molecule has 4 rings (SSSR count). The van der Waals surface area contributed by atoms with Crippen molar-refractivity contribution >= 4 is 28.2 Å². The van der Waals surface area contributed by atoms with Gasteiger partial charge >= 0.3 is 0 Å². The molecule has 4 aromatic carbocycles. The van der Waals surface area contributed by atoms with Gasteiger partial charge in [-0.1, -0.05) is 163 Å². The van der Waals surface area contributed by atoms with Gasteiger partial charge in [0, 0.05) is 27.7 Å². The van der Waals surface area contributed by atoms with E-state index < -0.39 is 0 Å². The van der Waals surface area contributed by atoms with E-state index in [2.05, 4.69) is 175 Å². The van der Waals surface area contributed by atoms with Crippen LogP contribution < -0.4 is 19.7 Å². The average Bonchev–Trinajstić information content (AvgIpc) is 2.97. The Labute approximate surface area is 283 Å². The summed E-state index contributed by atoms with van der Waals surface area (Å²) in [6, 6.07) is 31.0. The van der Waals surface area contributed by atoms with Crippen LogP contribution in [-0.2, 0) is 21.7 Å². The molecule has 0 heterocycles. The molecule has 0 N–H and O–H groups in total. The zero-order valence-corrected chi connectivity index (χ0v) is 32.5. The topological polar surface area (TPSA) is 18.5 Å². The minimum Gasteiger partial charge on any atom is -0.472 e. The van der Waals surface area contributed by atoms with E-state index in [9.17, 15) is 0 Å². The second-order valence-corrected chi connectivity index (χ2v) is 18.6. The second-order valence-electron chi connectivity index (χ2n) is 16.7. The molecule has 0 radical (unpaired) electrons. The lowest BCUT2D eigenvalue weighted by atomic mass is 9.80. The van der Waals surface area contributed by atoms with Crippen molar-refractivity contribution in [1.82, 2.24) is 0 Å². The first-order chi connectivity index (χ1) is 21.3. The molecule has 0 aliphatic heterocycles. The molecule has 46 heavy (non-hydrogen) atoms. The highest BCUT2D eigenvalue weighted by atomic mass is 31.1. The van der Waals surface area contributed by atoms with Crippen LogP contribution in [-0.4, -0.2) is 0 Å². The lowest BCUT2D eigenvalue weighted by Gasteiger charge is -2.28. The van der Waals surface area contributed by atoms with Crippen LogP contribution in [0.2, 0.25) is 0 Å². The largest absolute Gasteiger partial charge is 0.472 e. The van der Waals surface area contributed by atoms with Gasteiger partial charge in [-0.2, -0.15) is 0 Å². The highest BCUT2D eigenvalue weighted by Gasteiger charge is 2.25. The van der Waals surface area contributed by atoms with Crippen LogP contribution in [0.4, 0.5) is 0 Å². The monoisotopic (exact) mass is 654 g/mol. The molecule has 0 fully saturated rings. The molecule has 0 saturated heterocycles. The molecule has 2 atom stereocenters. The van der Waals surface area contributed by atoms with E-state index in [4.69, 9.17) is 9.05 Å². The van der Waals surface area contributed by atoms with Crippen molar-refractivity contribution in [2.24, 2.45) is 0 Å². The first kappa shape index (κ1) is 36.2. The smallest absolute Gasteiger partial charge is 0.127 e. The zero-order valence-electron chi connectivity index (χ0n) is 30.5. The van der Waals surface area contributed by atoms with E-state index in [0.29, 0.717) is 0 Å². The number of rotatable bonds is 8. The Morgan fingerprint density at radius 1 is 0.457 bits per heavy atom. The van der Waals surface area contributed by atoms with Crippen LogP contribution >= 0.6 is 17.6 Å². The number of benzene rings is 4. The molecule has 0 aliphatic rings. The Bertz CT molecular complexity index is 1520. The van der Waals surface area contributed by atoms with Crippen molar-refractivity contribution in [3.63, 3.8) is 0 Å². The van der Waals surface area contributed by atoms with E-state index in [1.807, 2.05) is 0 Å². The maximum absolute atomic E-state index is 6.66. The minimum absolute atomic E-state index is 0.0202. The predicted octanol–water partition coefficient (Wildman–Crippen LogP) is 11.6. The molecule has 0 spiro atoms. The Morgan fingerprint density at radius 2 is 0.804 bits per heavy atom. The standard InChI is InChI=1S/C42H56O2P2/c1-28(31-18-14-16-20-37(31)45-43-35-24-22-29(39(2,3)4)26-33(35)41(8,9)10)32-19-15-17-21-38(32)46-44-36-25-23-30(40(5,6)7)27-34(36)42(11,12)13/h14-28,45-46H,1-13H3. The summed E-state index contributed by atoms with van der Waals surface area (Å²) in [7, 11) is 0.418. The Hall–Kier alpha value is -2.66. The van der Waals surface area contributed by atoms with E-state index in [-0.39, 0.29) is 45.2 Å². The summed E-state index contributed by atoms with van der Waals surface area (Å²) in [5, 5.41) is 2.48. The number of hydrogen-bond acceptors (Lipinski definition) is 2. The fourth-order valence-electron chi connectivity index (χ4n) is 5.67.